The van der Waals surface area contributed by atoms with Crippen LogP contribution in [0.1, 0.15) is 25.6 Å². The highest BCUT2D eigenvalue weighted by molar-refractivity contribution is 7.11. The Morgan fingerprint density at radius 3 is 2.62 bits per heavy atom. The first-order chi connectivity index (χ1) is 6.03. The van der Waals surface area contributed by atoms with Crippen molar-refractivity contribution in [2.75, 3.05) is 0 Å². The van der Waals surface area contributed by atoms with Gasteiger partial charge in [-0.3, -0.25) is 0 Å². The van der Waals surface area contributed by atoms with E-state index in [1.54, 1.807) is 11.3 Å². The normalized spacial score (nSPS) is 12.6. The van der Waals surface area contributed by atoms with Crippen LogP contribution in [-0.2, 0) is 0 Å². The number of hydrogen-bond donors (Lipinski definition) is 0. The van der Waals surface area contributed by atoms with E-state index in [0.29, 0.717) is 0 Å². The summed E-state index contributed by atoms with van der Waals surface area (Å²) in [5.41, 5.74) is 0.845. The van der Waals surface area contributed by atoms with E-state index in [2.05, 4.69) is 26.8 Å². The van der Waals surface area contributed by atoms with Crippen molar-refractivity contribution in [3.8, 4) is 6.07 Å². The molecule has 1 aromatic heterocycles. The third-order valence-corrected chi connectivity index (χ3v) is 2.39. The quantitative estimate of drug-likeness (QED) is 0.621. The van der Waals surface area contributed by atoms with Gasteiger partial charge in [-0.15, -0.1) is 11.3 Å². The first kappa shape index (κ1) is 10.0. The van der Waals surface area contributed by atoms with Crippen LogP contribution < -0.4 is 0 Å². The maximum Gasteiger partial charge on any atom is 0.100 e. The molecule has 0 spiro atoms. The summed E-state index contributed by atoms with van der Waals surface area (Å²) >= 11 is 1.61. The van der Waals surface area contributed by atoms with E-state index >= 15 is 0 Å². The molecule has 1 heterocycles. The van der Waals surface area contributed by atoms with Gasteiger partial charge in [-0.1, -0.05) is 32.9 Å². The minimum atomic E-state index is 0.0645. The van der Waals surface area contributed by atoms with Gasteiger partial charge in [0, 0.05) is 4.88 Å². The van der Waals surface area contributed by atoms with Gasteiger partial charge >= 0.3 is 0 Å². The van der Waals surface area contributed by atoms with Gasteiger partial charge in [0.1, 0.15) is 6.07 Å². The van der Waals surface area contributed by atoms with Crippen LogP contribution in [0.2, 0.25) is 0 Å². The molecule has 13 heavy (non-hydrogen) atoms. The average molecular weight is 191 g/mol. The van der Waals surface area contributed by atoms with Crippen molar-refractivity contribution in [3.05, 3.63) is 28.5 Å². The fourth-order valence-electron chi connectivity index (χ4n) is 1.02. The number of hydrogen-bond acceptors (Lipinski definition) is 2. The summed E-state index contributed by atoms with van der Waals surface area (Å²) in [4.78, 5) is 1.05. The van der Waals surface area contributed by atoms with Crippen LogP contribution in [0.3, 0.4) is 0 Å². The third-order valence-electron chi connectivity index (χ3n) is 1.48. The van der Waals surface area contributed by atoms with Crippen molar-refractivity contribution in [3.63, 3.8) is 0 Å². The summed E-state index contributed by atoms with van der Waals surface area (Å²) in [6.07, 6.45) is 2.01. The predicted molar refractivity (Wildman–Crippen MR) is 57.4 cm³/mol. The molecule has 0 aliphatic carbocycles. The highest BCUT2D eigenvalue weighted by atomic mass is 32.1. The van der Waals surface area contributed by atoms with Gasteiger partial charge in [0.05, 0.1) is 5.57 Å². The van der Waals surface area contributed by atoms with Gasteiger partial charge in [-0.2, -0.15) is 5.26 Å². The van der Waals surface area contributed by atoms with Crippen LogP contribution in [0.4, 0.5) is 0 Å². The first-order valence-electron chi connectivity index (χ1n) is 4.20. The molecule has 2 heteroatoms. The van der Waals surface area contributed by atoms with Crippen LogP contribution >= 0.6 is 11.3 Å². The Morgan fingerprint density at radius 2 is 2.23 bits per heavy atom. The average Bonchev–Trinajstić information content (AvgIpc) is 2.50. The van der Waals surface area contributed by atoms with E-state index in [9.17, 15) is 0 Å². The molecule has 1 nitrogen and oxygen atoms in total. The monoisotopic (exact) mass is 191 g/mol. The first-order valence-corrected chi connectivity index (χ1v) is 5.08. The molecule has 0 amide bonds. The van der Waals surface area contributed by atoms with Gasteiger partial charge in [0.2, 0.25) is 0 Å². The molecule has 1 aromatic rings. The zero-order valence-corrected chi connectivity index (χ0v) is 8.98. The summed E-state index contributed by atoms with van der Waals surface area (Å²) in [6.45, 7) is 6.29. The van der Waals surface area contributed by atoms with E-state index in [0.717, 1.165) is 10.5 Å². The number of nitrogens with zero attached hydrogens (tertiary/aromatic N) is 1. The summed E-state index contributed by atoms with van der Waals surface area (Å²) in [7, 11) is 0. The fraction of sp³-hybridized carbons (Fsp3) is 0.364. The molecule has 0 bridgehead atoms. The Labute approximate surface area is 83.3 Å². The third kappa shape index (κ3) is 3.04. The molecule has 0 fully saturated rings. The molecule has 0 aliphatic heterocycles. The second-order valence-electron chi connectivity index (χ2n) is 4.01. The SMILES string of the molecule is CC(C)(C)/C=C(\C#N)c1cccs1. The van der Waals surface area contributed by atoms with Gasteiger partial charge in [0.25, 0.3) is 0 Å². The second-order valence-corrected chi connectivity index (χ2v) is 4.96. The Morgan fingerprint density at radius 1 is 1.54 bits per heavy atom. The molecule has 0 aliphatic rings. The molecule has 0 atom stereocenters. The van der Waals surface area contributed by atoms with Gasteiger partial charge in [-0.05, 0) is 16.9 Å². The van der Waals surface area contributed by atoms with Crippen molar-refractivity contribution in [1.29, 1.82) is 5.26 Å². The van der Waals surface area contributed by atoms with Crippen LogP contribution in [0.5, 0.6) is 0 Å². The summed E-state index contributed by atoms with van der Waals surface area (Å²) in [5, 5.41) is 10.9. The summed E-state index contributed by atoms with van der Waals surface area (Å²) in [5.74, 6) is 0. The molecular weight excluding hydrogens is 178 g/mol. The molecule has 0 N–H and O–H groups in total. The number of allylic oxidation sites excluding steroid dienone is 2. The van der Waals surface area contributed by atoms with E-state index in [-0.39, 0.29) is 5.41 Å². The standard InChI is InChI=1S/C11H13NS/c1-11(2,3)7-9(8-12)10-5-4-6-13-10/h4-7H,1-3H3/b9-7+. The zero-order chi connectivity index (χ0) is 9.90. The maximum absolute atomic E-state index is 8.95. The summed E-state index contributed by atoms with van der Waals surface area (Å²) in [6, 6.07) is 6.18. The van der Waals surface area contributed by atoms with Gasteiger partial charge in [0.15, 0.2) is 0 Å². The number of thiophene rings is 1. The fourth-order valence-corrected chi connectivity index (χ4v) is 1.72. The molecule has 0 radical (unpaired) electrons. The maximum atomic E-state index is 8.95. The Bertz CT molecular complexity index is 333. The van der Waals surface area contributed by atoms with Crippen molar-refractivity contribution >= 4 is 16.9 Å². The van der Waals surface area contributed by atoms with Crippen LogP contribution in [0.15, 0.2) is 23.6 Å². The van der Waals surface area contributed by atoms with E-state index in [4.69, 9.17) is 5.26 Å². The number of rotatable bonds is 1. The lowest BCUT2D eigenvalue weighted by atomic mass is 9.93. The van der Waals surface area contributed by atoms with Crippen molar-refractivity contribution in [2.45, 2.75) is 20.8 Å². The van der Waals surface area contributed by atoms with Crippen molar-refractivity contribution in [2.24, 2.45) is 5.41 Å². The minimum Gasteiger partial charge on any atom is -0.192 e. The zero-order valence-electron chi connectivity index (χ0n) is 8.16. The molecule has 0 aromatic carbocycles. The highest BCUT2D eigenvalue weighted by Crippen LogP contribution is 2.25. The Balaban J connectivity index is 3.02. The largest absolute Gasteiger partial charge is 0.192 e. The molecule has 0 unspecified atom stereocenters. The van der Waals surface area contributed by atoms with Crippen LogP contribution in [0.25, 0.3) is 5.57 Å². The Kier molecular flexibility index (Phi) is 2.90. The molecule has 0 saturated heterocycles. The molecule has 1 rings (SSSR count). The van der Waals surface area contributed by atoms with E-state index in [1.165, 1.54) is 0 Å². The summed E-state index contributed by atoms with van der Waals surface area (Å²) < 4.78 is 0. The van der Waals surface area contributed by atoms with Crippen LogP contribution in [-0.4, -0.2) is 0 Å². The van der Waals surface area contributed by atoms with E-state index < -0.39 is 0 Å². The van der Waals surface area contributed by atoms with Crippen LogP contribution in [0, 0.1) is 16.7 Å². The molecule has 0 saturated carbocycles. The van der Waals surface area contributed by atoms with Crippen molar-refractivity contribution in [1.82, 2.24) is 0 Å². The lowest BCUT2D eigenvalue weighted by Crippen LogP contribution is -2.00. The molecule has 68 valence electrons. The predicted octanol–water partition coefficient (Wildman–Crippen LogP) is 3.70. The highest BCUT2D eigenvalue weighted by Gasteiger charge is 2.10. The number of nitriles is 1. The smallest absolute Gasteiger partial charge is 0.100 e. The lowest BCUT2D eigenvalue weighted by Gasteiger charge is -2.12. The van der Waals surface area contributed by atoms with Crippen molar-refractivity contribution < 1.29 is 0 Å². The van der Waals surface area contributed by atoms with Gasteiger partial charge in [-0.25, -0.2) is 0 Å². The Hall–Kier alpha value is -1.07. The van der Waals surface area contributed by atoms with E-state index in [1.807, 2.05) is 23.6 Å². The lowest BCUT2D eigenvalue weighted by molar-refractivity contribution is 0.546. The molecular formula is C11H13NS. The van der Waals surface area contributed by atoms with Gasteiger partial charge < -0.3 is 0 Å². The minimum absolute atomic E-state index is 0.0645. The second kappa shape index (κ2) is 3.76. The topological polar surface area (TPSA) is 23.8 Å².